The molecule has 1 aliphatic heterocycles. The van der Waals surface area contributed by atoms with Crippen molar-refractivity contribution in [2.45, 2.75) is 18.6 Å². The molecule has 0 fully saturated rings. The molecule has 0 spiro atoms. The molecule has 1 unspecified atom stereocenters. The van der Waals surface area contributed by atoms with Crippen molar-refractivity contribution in [2.24, 2.45) is 5.10 Å². The number of imidazole rings is 1. The van der Waals surface area contributed by atoms with Crippen molar-refractivity contribution < 1.29 is 27.5 Å². The summed E-state index contributed by atoms with van der Waals surface area (Å²) in [6, 6.07) is 11.8. The van der Waals surface area contributed by atoms with Crippen molar-refractivity contribution in [1.29, 1.82) is 0 Å². The van der Waals surface area contributed by atoms with Gasteiger partial charge in [0, 0.05) is 29.8 Å². The second-order valence-corrected chi connectivity index (χ2v) is 7.93. The Hall–Kier alpha value is -5.25. The maximum Gasteiger partial charge on any atom is 0.491 e. The second-order valence-electron chi connectivity index (χ2n) is 7.93. The van der Waals surface area contributed by atoms with E-state index in [0.717, 1.165) is 5.01 Å². The molecule has 4 aromatic rings. The molecule has 190 valence electrons. The number of pyridine rings is 1. The van der Waals surface area contributed by atoms with Crippen LogP contribution in [0.4, 0.5) is 23.7 Å². The molecule has 0 radical (unpaired) electrons. The molecule has 0 bridgehead atoms. The zero-order valence-electron chi connectivity index (χ0n) is 19.3. The van der Waals surface area contributed by atoms with Gasteiger partial charge in [0.25, 0.3) is 0 Å². The Kier molecular flexibility index (Phi) is 6.44. The normalized spacial score (nSPS) is 15.0. The van der Waals surface area contributed by atoms with E-state index in [0.29, 0.717) is 28.2 Å². The second kappa shape index (κ2) is 10.0. The van der Waals surface area contributed by atoms with Crippen LogP contribution in [0.1, 0.15) is 29.3 Å². The molecule has 13 heteroatoms. The first kappa shape index (κ1) is 24.4. The number of carbonyl (C=O) groups excluding carboxylic acids is 2. The zero-order chi connectivity index (χ0) is 26.7. The number of halogens is 3. The molecule has 1 aromatic carbocycles. The van der Waals surface area contributed by atoms with Crippen molar-refractivity contribution in [3.8, 4) is 11.8 Å². The number of urea groups is 1. The lowest BCUT2D eigenvalue weighted by Crippen LogP contribution is -2.31. The quantitative estimate of drug-likeness (QED) is 0.317. The van der Waals surface area contributed by atoms with Crippen molar-refractivity contribution >= 4 is 29.2 Å². The third kappa shape index (κ3) is 5.29. The third-order valence-electron chi connectivity index (χ3n) is 5.33. The van der Waals surface area contributed by atoms with E-state index < -0.39 is 30.1 Å². The first-order chi connectivity index (χ1) is 18.3. The van der Waals surface area contributed by atoms with Crippen LogP contribution in [0.3, 0.4) is 0 Å². The van der Waals surface area contributed by atoms with Crippen LogP contribution < -0.4 is 5.32 Å². The van der Waals surface area contributed by atoms with Gasteiger partial charge in [-0.05, 0) is 47.9 Å². The van der Waals surface area contributed by atoms with Gasteiger partial charge in [0.15, 0.2) is 5.65 Å². The number of nitrogens with one attached hydrogen (secondary N) is 1. The van der Waals surface area contributed by atoms with Crippen molar-refractivity contribution in [1.82, 2.24) is 24.6 Å². The summed E-state index contributed by atoms with van der Waals surface area (Å²) >= 11 is 0. The standard InChI is InChI=1S/C25H16F3N7O3/c26-25(27,28)23(36)38-22-13-20(17-5-2-10-29-14-17)35(33-22)24(37)32-18-6-1-4-16(12-18)8-9-19-15-30-21-7-3-11-31-34(19)21/h1-7,10-12,14-15,20H,13H2,(H,32,37). The Morgan fingerprint density at radius 3 is 2.68 bits per heavy atom. The lowest BCUT2D eigenvalue weighted by Gasteiger charge is -2.21. The molecule has 1 atom stereocenters. The molecule has 3 aromatic heterocycles. The van der Waals surface area contributed by atoms with E-state index in [1.807, 2.05) is 0 Å². The van der Waals surface area contributed by atoms with Gasteiger partial charge >= 0.3 is 18.2 Å². The monoisotopic (exact) mass is 519 g/mol. The summed E-state index contributed by atoms with van der Waals surface area (Å²) in [6.45, 7) is 0. The molecule has 38 heavy (non-hydrogen) atoms. The summed E-state index contributed by atoms with van der Waals surface area (Å²) in [5.74, 6) is 3.00. The number of hydrazone groups is 1. The van der Waals surface area contributed by atoms with Gasteiger partial charge in [-0.1, -0.05) is 18.1 Å². The minimum Gasteiger partial charge on any atom is -0.403 e. The zero-order valence-corrected chi connectivity index (χ0v) is 19.3. The third-order valence-corrected chi connectivity index (χ3v) is 5.33. The molecule has 2 amide bonds. The number of amides is 2. The van der Waals surface area contributed by atoms with Gasteiger partial charge in [0.05, 0.1) is 18.7 Å². The van der Waals surface area contributed by atoms with Crippen LogP contribution in [0.25, 0.3) is 5.65 Å². The number of ether oxygens (including phenoxy) is 1. The molecular formula is C25H16F3N7O3. The fourth-order valence-electron chi connectivity index (χ4n) is 3.63. The highest BCUT2D eigenvalue weighted by molar-refractivity contribution is 5.96. The number of nitrogens with zero attached hydrogens (tertiary/aromatic N) is 6. The maximum atomic E-state index is 13.1. The minimum absolute atomic E-state index is 0.250. The lowest BCUT2D eigenvalue weighted by molar-refractivity contribution is -0.191. The van der Waals surface area contributed by atoms with E-state index in [1.54, 1.807) is 65.4 Å². The number of hydrogen-bond acceptors (Lipinski definition) is 7. The number of esters is 1. The van der Waals surface area contributed by atoms with Crippen molar-refractivity contribution in [2.75, 3.05) is 5.32 Å². The van der Waals surface area contributed by atoms with Gasteiger partial charge in [-0.25, -0.2) is 24.1 Å². The number of anilines is 1. The van der Waals surface area contributed by atoms with Crippen LogP contribution in [0, 0.1) is 11.8 Å². The summed E-state index contributed by atoms with van der Waals surface area (Å²) < 4.78 is 44.0. The molecule has 10 nitrogen and oxygen atoms in total. The first-order valence-electron chi connectivity index (χ1n) is 11.1. The molecule has 4 heterocycles. The fraction of sp³-hybridized carbons (Fsp3) is 0.120. The van der Waals surface area contributed by atoms with Gasteiger partial charge in [0.2, 0.25) is 5.90 Å². The molecular weight excluding hydrogens is 503 g/mol. The van der Waals surface area contributed by atoms with E-state index >= 15 is 0 Å². The van der Waals surface area contributed by atoms with Crippen LogP contribution in [0.15, 0.2) is 78.4 Å². The van der Waals surface area contributed by atoms with Crippen LogP contribution in [0.5, 0.6) is 0 Å². The highest BCUT2D eigenvalue weighted by atomic mass is 19.4. The van der Waals surface area contributed by atoms with E-state index in [1.165, 1.54) is 12.4 Å². The Bertz CT molecular complexity index is 1610. The molecule has 0 aliphatic carbocycles. The molecule has 0 saturated heterocycles. The average Bonchev–Trinajstić information content (AvgIpc) is 3.52. The Balaban J connectivity index is 1.36. The average molecular weight is 519 g/mol. The molecule has 1 N–H and O–H groups in total. The highest BCUT2D eigenvalue weighted by Gasteiger charge is 2.44. The van der Waals surface area contributed by atoms with Crippen LogP contribution in [-0.4, -0.2) is 48.7 Å². The molecule has 1 aliphatic rings. The van der Waals surface area contributed by atoms with Crippen molar-refractivity contribution in [3.05, 3.63) is 90.1 Å². The van der Waals surface area contributed by atoms with Crippen LogP contribution in [0.2, 0.25) is 0 Å². The van der Waals surface area contributed by atoms with Gasteiger partial charge in [-0.15, -0.1) is 5.10 Å². The van der Waals surface area contributed by atoms with Gasteiger partial charge in [-0.2, -0.15) is 18.3 Å². The number of hydrogen-bond donors (Lipinski definition) is 1. The fourth-order valence-corrected chi connectivity index (χ4v) is 3.63. The Morgan fingerprint density at radius 1 is 1.05 bits per heavy atom. The first-order valence-corrected chi connectivity index (χ1v) is 11.1. The van der Waals surface area contributed by atoms with Crippen LogP contribution in [-0.2, 0) is 9.53 Å². The number of alkyl halides is 3. The van der Waals surface area contributed by atoms with E-state index in [2.05, 4.69) is 42.1 Å². The predicted molar refractivity (Wildman–Crippen MR) is 127 cm³/mol. The van der Waals surface area contributed by atoms with Gasteiger partial charge < -0.3 is 10.1 Å². The molecule has 5 rings (SSSR count). The summed E-state index contributed by atoms with van der Waals surface area (Å²) in [4.78, 5) is 32.6. The number of aromatic nitrogens is 4. The summed E-state index contributed by atoms with van der Waals surface area (Å²) in [7, 11) is 0. The van der Waals surface area contributed by atoms with Crippen molar-refractivity contribution in [3.63, 3.8) is 0 Å². The largest absolute Gasteiger partial charge is 0.491 e. The maximum absolute atomic E-state index is 13.1. The van der Waals surface area contributed by atoms with Gasteiger partial charge in [0.1, 0.15) is 5.69 Å². The topological polar surface area (TPSA) is 114 Å². The smallest absolute Gasteiger partial charge is 0.403 e. The number of carbonyl (C=O) groups is 2. The highest BCUT2D eigenvalue weighted by Crippen LogP contribution is 2.32. The van der Waals surface area contributed by atoms with E-state index in [4.69, 9.17) is 0 Å². The summed E-state index contributed by atoms with van der Waals surface area (Å²) in [6.07, 6.45) is 0.700. The van der Waals surface area contributed by atoms with Gasteiger partial charge in [-0.3, -0.25) is 4.98 Å². The minimum atomic E-state index is -5.21. The Morgan fingerprint density at radius 2 is 1.89 bits per heavy atom. The predicted octanol–water partition coefficient (Wildman–Crippen LogP) is 3.92. The summed E-state index contributed by atoms with van der Waals surface area (Å²) in [5.41, 5.74) is 2.64. The number of benzene rings is 1. The molecule has 0 saturated carbocycles. The number of rotatable bonds is 2. The van der Waals surface area contributed by atoms with E-state index in [-0.39, 0.29) is 6.42 Å². The SMILES string of the molecule is O=C(Nc1cccc(C#Cc2cnc3cccnn23)c1)N1N=C(OC(=O)C(F)(F)F)CC1c1cccnc1. The number of fused-ring (bicyclic) bond motifs is 1. The van der Waals surface area contributed by atoms with Crippen LogP contribution >= 0.6 is 0 Å². The lowest BCUT2D eigenvalue weighted by atomic mass is 10.1. The summed E-state index contributed by atoms with van der Waals surface area (Å²) in [5, 5.41) is 11.6. The van der Waals surface area contributed by atoms with E-state index in [9.17, 15) is 22.8 Å². The Labute approximate surface area is 212 Å².